The van der Waals surface area contributed by atoms with Crippen molar-refractivity contribution in [2.75, 3.05) is 0 Å². The summed E-state index contributed by atoms with van der Waals surface area (Å²) < 4.78 is 4.75. The number of hydrogen-bond acceptors (Lipinski definition) is 4. The van der Waals surface area contributed by atoms with Crippen molar-refractivity contribution in [1.29, 1.82) is 0 Å². The third-order valence-corrected chi connectivity index (χ3v) is 2.29. The molecule has 0 aliphatic rings. The number of hydrogen-bond donors (Lipinski definition) is 2. The van der Waals surface area contributed by atoms with E-state index in [2.05, 4.69) is 4.98 Å². The van der Waals surface area contributed by atoms with Crippen molar-refractivity contribution in [1.82, 2.24) is 4.98 Å². The van der Waals surface area contributed by atoms with Gasteiger partial charge < -0.3 is 14.9 Å². The maximum absolute atomic E-state index is 10.6. The highest BCUT2D eigenvalue weighted by Crippen LogP contribution is 2.01. The van der Waals surface area contributed by atoms with E-state index in [-0.39, 0.29) is 17.5 Å². The molecule has 1 aromatic rings. The molecule has 90 valence electrons. The highest BCUT2D eigenvalue weighted by atomic mass is 16.5. The fourth-order valence-electron chi connectivity index (χ4n) is 1.22. The normalized spacial score (nSPS) is 10.6. The van der Waals surface area contributed by atoms with Crippen LogP contribution in [0.4, 0.5) is 0 Å². The molecule has 2 N–H and O–H groups in total. The van der Waals surface area contributed by atoms with Gasteiger partial charge in [-0.15, -0.1) is 0 Å². The molecule has 0 saturated carbocycles. The minimum absolute atomic E-state index is 0.206. The van der Waals surface area contributed by atoms with Crippen LogP contribution in [0.25, 0.3) is 0 Å². The van der Waals surface area contributed by atoms with Crippen LogP contribution >= 0.6 is 0 Å². The topological polar surface area (TPSA) is 96.7 Å². The van der Waals surface area contributed by atoms with Gasteiger partial charge in [0.25, 0.3) is 6.10 Å². The smallest absolute Gasteiger partial charge is 0.344 e. The number of carbonyl (C=O) groups is 2. The summed E-state index contributed by atoms with van der Waals surface area (Å²) in [4.78, 5) is 25.1. The van der Waals surface area contributed by atoms with Crippen LogP contribution in [0.5, 0.6) is 0 Å². The number of carboxylic acid groups (broad SMARTS) is 2. The second-order valence-electron chi connectivity index (χ2n) is 3.56. The summed E-state index contributed by atoms with van der Waals surface area (Å²) >= 11 is 0. The van der Waals surface area contributed by atoms with Gasteiger partial charge in [0.05, 0.1) is 6.61 Å². The van der Waals surface area contributed by atoms with E-state index in [1.165, 1.54) is 6.20 Å². The summed E-state index contributed by atoms with van der Waals surface area (Å²) in [6, 6.07) is 0. The first-order valence-electron chi connectivity index (χ1n) is 4.91. The number of aliphatic carboxylic acids is 2. The van der Waals surface area contributed by atoms with Gasteiger partial charge in [0.1, 0.15) is 15.7 Å². The first-order chi connectivity index (χ1) is 8.34. The van der Waals surface area contributed by atoms with Crippen LogP contribution in [0.2, 0.25) is 0 Å². The maximum Gasteiger partial charge on any atom is 0.344 e. The predicted octanol–water partition coefficient (Wildman–Crippen LogP) is -1.97. The van der Waals surface area contributed by atoms with Gasteiger partial charge in [0, 0.05) is 11.9 Å². The molecule has 0 saturated heterocycles. The molecule has 0 aliphatic heterocycles. The number of ether oxygens (including phenoxy) is 1. The second-order valence-corrected chi connectivity index (χ2v) is 3.56. The van der Waals surface area contributed by atoms with Crippen molar-refractivity contribution in [2.45, 2.75) is 19.6 Å². The molecule has 0 aliphatic carbocycles. The van der Waals surface area contributed by atoms with Gasteiger partial charge in [-0.2, -0.15) is 0 Å². The Balaban J connectivity index is 2.83. The number of rotatable bonds is 5. The molecular weight excluding hydrogens is 236 g/mol. The van der Waals surface area contributed by atoms with Crippen LogP contribution < -0.4 is 10.9 Å². The Morgan fingerprint density at radius 3 is 2.39 bits per heavy atom. The van der Waals surface area contributed by atoms with E-state index in [9.17, 15) is 9.59 Å². The molecule has 0 atom stereocenters. The lowest BCUT2D eigenvalue weighted by Gasteiger charge is -2.13. The lowest BCUT2D eigenvalue weighted by atomic mass is 9.77. The SMILES string of the molecule is [B]c1c(COC(C(=O)O)C(=O)O)cnc(C)c1[B]. The number of aromatic nitrogens is 1. The third-order valence-electron chi connectivity index (χ3n) is 2.29. The Morgan fingerprint density at radius 1 is 1.33 bits per heavy atom. The number of nitrogens with zero attached hydrogens (tertiary/aromatic N) is 1. The Bertz CT molecular complexity index is 477. The molecule has 4 radical (unpaired) electrons. The van der Waals surface area contributed by atoms with E-state index >= 15 is 0 Å². The van der Waals surface area contributed by atoms with Crippen LogP contribution in [-0.2, 0) is 20.9 Å². The van der Waals surface area contributed by atoms with Gasteiger partial charge in [-0.25, -0.2) is 9.59 Å². The lowest BCUT2D eigenvalue weighted by Crippen LogP contribution is -2.36. The van der Waals surface area contributed by atoms with Crippen LogP contribution in [0.3, 0.4) is 0 Å². The summed E-state index contributed by atoms with van der Waals surface area (Å²) in [5.41, 5.74) is 1.34. The van der Waals surface area contributed by atoms with Crippen LogP contribution in [-0.4, -0.2) is 48.9 Å². The fourth-order valence-corrected chi connectivity index (χ4v) is 1.22. The number of carboxylic acids is 2. The minimum Gasteiger partial charge on any atom is -0.479 e. The molecule has 0 spiro atoms. The molecule has 6 nitrogen and oxygen atoms in total. The lowest BCUT2D eigenvalue weighted by molar-refractivity contribution is -0.166. The zero-order valence-corrected chi connectivity index (χ0v) is 9.58. The second kappa shape index (κ2) is 5.68. The average Bonchev–Trinajstić information content (AvgIpc) is 2.28. The highest BCUT2D eigenvalue weighted by molar-refractivity contribution is 6.49. The number of aryl methyl sites for hydroxylation is 1. The number of pyridine rings is 1. The van der Waals surface area contributed by atoms with E-state index in [1.807, 2.05) is 0 Å². The molecule has 0 unspecified atom stereocenters. The summed E-state index contributed by atoms with van der Waals surface area (Å²) in [6.45, 7) is 1.36. The van der Waals surface area contributed by atoms with Crippen LogP contribution in [0.15, 0.2) is 6.20 Å². The van der Waals surface area contributed by atoms with Crippen molar-refractivity contribution in [3.05, 3.63) is 17.5 Å². The molecule has 0 bridgehead atoms. The molecule has 1 rings (SSSR count). The zero-order valence-electron chi connectivity index (χ0n) is 9.58. The zero-order chi connectivity index (χ0) is 13.9. The van der Waals surface area contributed by atoms with Gasteiger partial charge >= 0.3 is 11.9 Å². The third kappa shape index (κ3) is 3.10. The van der Waals surface area contributed by atoms with E-state index in [0.717, 1.165) is 0 Å². The Morgan fingerprint density at radius 2 is 1.89 bits per heavy atom. The van der Waals surface area contributed by atoms with E-state index in [4.69, 9.17) is 30.6 Å². The van der Waals surface area contributed by atoms with Crippen LogP contribution in [0.1, 0.15) is 11.3 Å². The molecule has 1 heterocycles. The summed E-state index contributed by atoms with van der Waals surface area (Å²) in [5, 5.41) is 17.2. The van der Waals surface area contributed by atoms with Gasteiger partial charge in [0.2, 0.25) is 0 Å². The molecular formula is C10H9B2NO5. The predicted molar refractivity (Wildman–Crippen MR) is 63.6 cm³/mol. The van der Waals surface area contributed by atoms with E-state index < -0.39 is 18.0 Å². The van der Waals surface area contributed by atoms with Crippen molar-refractivity contribution in [3.63, 3.8) is 0 Å². The summed E-state index contributed by atoms with van der Waals surface area (Å²) in [7, 11) is 11.3. The molecule has 0 fully saturated rings. The monoisotopic (exact) mass is 245 g/mol. The van der Waals surface area contributed by atoms with E-state index in [0.29, 0.717) is 11.3 Å². The van der Waals surface area contributed by atoms with Crippen LogP contribution in [0, 0.1) is 6.92 Å². The molecule has 8 heteroatoms. The Labute approximate surface area is 106 Å². The van der Waals surface area contributed by atoms with Gasteiger partial charge in [-0.05, 0) is 12.5 Å². The molecule has 18 heavy (non-hydrogen) atoms. The summed E-state index contributed by atoms with van der Waals surface area (Å²) in [6.07, 6.45) is -0.589. The van der Waals surface area contributed by atoms with Gasteiger partial charge in [-0.1, -0.05) is 10.9 Å². The maximum atomic E-state index is 10.6. The van der Waals surface area contributed by atoms with Crippen molar-refractivity contribution in [2.24, 2.45) is 0 Å². The molecule has 0 amide bonds. The average molecular weight is 245 g/mol. The van der Waals surface area contributed by atoms with Gasteiger partial charge in [-0.3, -0.25) is 4.98 Å². The van der Waals surface area contributed by atoms with Crippen molar-refractivity contribution < 1.29 is 24.5 Å². The quantitative estimate of drug-likeness (QED) is 0.461. The fraction of sp³-hybridized carbons (Fsp3) is 0.300. The summed E-state index contributed by atoms with van der Waals surface area (Å²) in [5.74, 6) is -3.18. The van der Waals surface area contributed by atoms with E-state index in [1.54, 1.807) is 6.92 Å². The first-order valence-corrected chi connectivity index (χ1v) is 4.91. The standard InChI is InChI=1S/C10H9B2NO5/c1-4-6(11)7(12)5(2-13-4)3-18-8(9(14)15)10(16)17/h2,8H,3H2,1H3,(H,14,15)(H,16,17). The minimum atomic E-state index is -1.95. The first kappa shape index (κ1) is 14.2. The Kier molecular flexibility index (Phi) is 4.49. The Hall–Kier alpha value is -1.82. The molecule has 0 aromatic carbocycles. The van der Waals surface area contributed by atoms with Gasteiger partial charge in [0.15, 0.2) is 0 Å². The van der Waals surface area contributed by atoms with Crippen molar-refractivity contribution in [3.8, 4) is 0 Å². The van der Waals surface area contributed by atoms with Crippen molar-refractivity contribution >= 4 is 38.6 Å². The molecule has 1 aromatic heterocycles. The largest absolute Gasteiger partial charge is 0.479 e. The highest BCUT2D eigenvalue weighted by Gasteiger charge is 2.26.